The molecule has 1 N–H and O–H groups in total. The zero-order valence-corrected chi connectivity index (χ0v) is 27.8. The highest BCUT2D eigenvalue weighted by atomic mass is 19.2. The highest BCUT2D eigenvalue weighted by Gasteiger charge is 2.26. The molecule has 0 bridgehead atoms. The molecular formula is C36H37F2N7O5. The van der Waals surface area contributed by atoms with Crippen molar-refractivity contribution in [3.8, 4) is 11.4 Å². The first-order chi connectivity index (χ1) is 24.2. The van der Waals surface area contributed by atoms with Crippen molar-refractivity contribution < 1.29 is 23.1 Å². The molecule has 1 aliphatic heterocycles. The molecule has 0 fully saturated rings. The third-order valence-corrected chi connectivity index (χ3v) is 8.74. The normalized spacial score (nSPS) is 12.8. The lowest BCUT2D eigenvalue weighted by atomic mass is 9.99. The van der Waals surface area contributed by atoms with Crippen molar-refractivity contribution in [1.82, 2.24) is 29.0 Å². The Morgan fingerprint density at radius 1 is 0.980 bits per heavy atom. The molecule has 14 heteroatoms. The molecule has 0 radical (unpaired) electrons. The van der Waals surface area contributed by atoms with E-state index in [1.165, 1.54) is 26.3 Å². The molecule has 50 heavy (non-hydrogen) atoms. The summed E-state index contributed by atoms with van der Waals surface area (Å²) in [5, 5.41) is 0. The molecule has 0 spiro atoms. The van der Waals surface area contributed by atoms with Crippen molar-refractivity contribution in [2.75, 3.05) is 38.3 Å². The minimum atomic E-state index is -1.15. The number of H-pyrrole nitrogens is 1. The van der Waals surface area contributed by atoms with Crippen molar-refractivity contribution in [2.24, 2.45) is 0 Å². The minimum absolute atomic E-state index is 0.0642. The Morgan fingerprint density at radius 2 is 1.80 bits per heavy atom. The van der Waals surface area contributed by atoms with Gasteiger partial charge in [0.2, 0.25) is 0 Å². The Bertz CT molecular complexity index is 2160. The molecule has 260 valence electrons. The summed E-state index contributed by atoms with van der Waals surface area (Å²) < 4.78 is 35.6. The van der Waals surface area contributed by atoms with Crippen LogP contribution in [0.2, 0.25) is 0 Å². The van der Waals surface area contributed by atoms with Crippen LogP contribution >= 0.6 is 0 Å². The number of nitrogens with zero attached hydrogens (tertiary/aromatic N) is 6. The van der Waals surface area contributed by atoms with E-state index in [1.54, 1.807) is 30.2 Å². The second-order valence-electron chi connectivity index (χ2n) is 12.1. The summed E-state index contributed by atoms with van der Waals surface area (Å²) in [7, 11) is 1.55. The average molecular weight is 686 g/mol. The average Bonchev–Trinajstić information content (AvgIpc) is 3.58. The van der Waals surface area contributed by atoms with Gasteiger partial charge in [0, 0.05) is 69.3 Å². The zero-order valence-electron chi connectivity index (χ0n) is 27.8. The highest BCUT2D eigenvalue weighted by Crippen LogP contribution is 2.24. The number of rotatable bonds is 13. The molecule has 5 aromatic rings. The van der Waals surface area contributed by atoms with Crippen LogP contribution in [0.25, 0.3) is 22.6 Å². The lowest BCUT2D eigenvalue weighted by molar-refractivity contribution is 0.0738. The smallest absolute Gasteiger partial charge is 0.332 e. The lowest BCUT2D eigenvalue weighted by Crippen LogP contribution is -2.40. The highest BCUT2D eigenvalue weighted by molar-refractivity contribution is 6.05. The second kappa shape index (κ2) is 14.9. The fraction of sp³-hybridized carbons (Fsp3) is 0.333. The van der Waals surface area contributed by atoms with Gasteiger partial charge in [-0.3, -0.25) is 28.4 Å². The first kappa shape index (κ1) is 34.4. The van der Waals surface area contributed by atoms with E-state index in [9.17, 15) is 28.0 Å². The molecule has 3 aromatic heterocycles. The number of fused-ring (bicyclic) bond motifs is 2. The summed E-state index contributed by atoms with van der Waals surface area (Å²) in [6.45, 7) is 3.91. The Hall–Kier alpha value is -5.50. The van der Waals surface area contributed by atoms with E-state index in [4.69, 9.17) is 4.74 Å². The number of aromatic amines is 1. The summed E-state index contributed by atoms with van der Waals surface area (Å²) in [5.74, 6) is -2.36. The van der Waals surface area contributed by atoms with Gasteiger partial charge in [0.1, 0.15) is 17.2 Å². The molecular weight excluding hydrogens is 648 g/mol. The maximum absolute atomic E-state index is 14.2. The third kappa shape index (κ3) is 6.83. The summed E-state index contributed by atoms with van der Waals surface area (Å²) in [4.78, 5) is 68.7. The van der Waals surface area contributed by atoms with Crippen LogP contribution in [0.5, 0.6) is 0 Å². The number of imidazole rings is 1. The molecule has 4 heterocycles. The van der Waals surface area contributed by atoms with Gasteiger partial charge in [-0.2, -0.15) is 0 Å². The summed E-state index contributed by atoms with van der Waals surface area (Å²) in [6, 6.07) is 13.7. The number of methoxy groups -OCH3 is 1. The number of aryl methyl sites for hydroxylation is 1. The topological polar surface area (TPSA) is 135 Å². The fourth-order valence-corrected chi connectivity index (χ4v) is 6.19. The number of ether oxygens (including phenoxy) is 1. The summed E-state index contributed by atoms with van der Waals surface area (Å²) in [5.41, 5.74) is 1.56. The Labute approximate surface area is 286 Å². The van der Waals surface area contributed by atoms with Gasteiger partial charge in [-0.15, -0.1) is 0 Å². The van der Waals surface area contributed by atoms with Crippen LogP contribution < -0.4 is 16.1 Å². The van der Waals surface area contributed by atoms with Gasteiger partial charge < -0.3 is 14.6 Å². The van der Waals surface area contributed by atoms with Crippen LogP contribution in [-0.2, 0) is 24.2 Å². The predicted octanol–water partition coefficient (Wildman–Crippen LogP) is 4.41. The number of nitrogens with one attached hydrogen (secondary N) is 1. The van der Waals surface area contributed by atoms with Gasteiger partial charge in [-0.1, -0.05) is 25.1 Å². The van der Waals surface area contributed by atoms with Crippen LogP contribution in [0.4, 0.5) is 14.6 Å². The van der Waals surface area contributed by atoms with Crippen molar-refractivity contribution in [3.05, 3.63) is 110 Å². The molecule has 0 saturated carbocycles. The number of halogens is 2. The number of amides is 2. The molecule has 6 rings (SSSR count). The van der Waals surface area contributed by atoms with Gasteiger partial charge >= 0.3 is 5.69 Å². The van der Waals surface area contributed by atoms with Gasteiger partial charge in [0.15, 0.2) is 17.3 Å². The van der Waals surface area contributed by atoms with E-state index in [2.05, 4.69) is 15.0 Å². The predicted molar refractivity (Wildman–Crippen MR) is 183 cm³/mol. The number of hydrogen-bond donors (Lipinski definition) is 1. The Balaban J connectivity index is 1.28. The minimum Gasteiger partial charge on any atom is -0.385 e. The quantitative estimate of drug-likeness (QED) is 0.182. The van der Waals surface area contributed by atoms with Crippen LogP contribution in [0, 0.1) is 11.6 Å². The molecule has 1 aliphatic rings. The van der Waals surface area contributed by atoms with Crippen molar-refractivity contribution in [1.29, 1.82) is 0 Å². The SMILES string of the molecule is CCCn1c(=O)n(CCCOC)c(=O)c2[nH]c(-c3ccc(N(CCCN4CCc5ccccc5C4=O)C(=O)c4ccc(F)c(F)c4)nc3)nc21. The lowest BCUT2D eigenvalue weighted by Gasteiger charge is -2.29. The van der Waals surface area contributed by atoms with E-state index in [-0.39, 0.29) is 41.5 Å². The van der Waals surface area contributed by atoms with E-state index in [1.807, 2.05) is 25.1 Å². The first-order valence-electron chi connectivity index (χ1n) is 16.5. The van der Waals surface area contributed by atoms with Crippen LogP contribution in [0.1, 0.15) is 52.5 Å². The molecule has 2 aromatic carbocycles. The maximum Gasteiger partial charge on any atom is 0.332 e. The zero-order chi connectivity index (χ0) is 35.4. The van der Waals surface area contributed by atoms with Gasteiger partial charge in [-0.25, -0.2) is 23.5 Å². The van der Waals surface area contributed by atoms with Crippen molar-refractivity contribution in [2.45, 2.75) is 45.7 Å². The van der Waals surface area contributed by atoms with Crippen LogP contribution in [0.3, 0.4) is 0 Å². The summed E-state index contributed by atoms with van der Waals surface area (Å²) in [6.07, 6.45) is 3.72. The number of carbonyl (C=O) groups is 2. The number of anilines is 1. The summed E-state index contributed by atoms with van der Waals surface area (Å²) >= 11 is 0. The van der Waals surface area contributed by atoms with Crippen molar-refractivity contribution >= 4 is 28.8 Å². The number of hydrogen-bond acceptors (Lipinski definition) is 7. The fourth-order valence-electron chi connectivity index (χ4n) is 6.19. The van der Waals surface area contributed by atoms with E-state index >= 15 is 0 Å². The number of pyridine rings is 1. The molecule has 0 unspecified atom stereocenters. The van der Waals surface area contributed by atoms with Gasteiger partial charge in [0.05, 0.1) is 0 Å². The van der Waals surface area contributed by atoms with Gasteiger partial charge in [-0.05, 0) is 67.6 Å². The Kier molecular flexibility index (Phi) is 10.3. The maximum atomic E-state index is 14.2. The molecule has 0 saturated heterocycles. The number of carbonyl (C=O) groups excluding carboxylic acids is 2. The monoisotopic (exact) mass is 685 g/mol. The number of aromatic nitrogens is 5. The molecule has 0 aliphatic carbocycles. The van der Waals surface area contributed by atoms with E-state index < -0.39 is 28.8 Å². The van der Waals surface area contributed by atoms with Gasteiger partial charge in [0.25, 0.3) is 17.4 Å². The first-order valence-corrected chi connectivity index (χ1v) is 16.5. The molecule has 0 atom stereocenters. The number of benzene rings is 2. The third-order valence-electron chi connectivity index (χ3n) is 8.74. The van der Waals surface area contributed by atoms with Crippen molar-refractivity contribution in [3.63, 3.8) is 0 Å². The van der Waals surface area contributed by atoms with Crippen LogP contribution in [-0.4, -0.2) is 74.2 Å². The Morgan fingerprint density at radius 3 is 2.54 bits per heavy atom. The van der Waals surface area contributed by atoms with Crippen LogP contribution in [0.15, 0.2) is 70.4 Å². The largest absolute Gasteiger partial charge is 0.385 e. The second-order valence-corrected chi connectivity index (χ2v) is 12.1. The standard InChI is InChI=1S/C36H37F2N7O5/c1-3-15-44-32-30(35(48)45(36(44)49)18-7-20-50-2)40-31(41-32)25-11-13-29(39-22-25)43(33(46)24-10-12-27(37)28(38)21-24)17-6-16-42-19-14-23-8-4-5-9-26(23)34(42)47/h4-5,8-13,21-22H,3,6-7,14-20H2,1-2H3,(H,40,41). The molecule has 2 amide bonds. The van der Waals surface area contributed by atoms with E-state index in [0.29, 0.717) is 62.5 Å². The van der Waals surface area contributed by atoms with E-state index in [0.717, 1.165) is 24.1 Å². The molecule has 12 nitrogen and oxygen atoms in total.